The average Bonchev–Trinajstić information content (AvgIpc) is 3.05. The van der Waals surface area contributed by atoms with Crippen LogP contribution in [0.1, 0.15) is 12.8 Å². The van der Waals surface area contributed by atoms with Crippen molar-refractivity contribution in [3.8, 4) is 5.82 Å². The fourth-order valence-corrected chi connectivity index (χ4v) is 2.04. The first-order valence-corrected chi connectivity index (χ1v) is 6.73. The molecule has 2 aromatic heterocycles. The standard InChI is InChI=1S/C14H14N6O2/c1-19-13(21)5-3-11(18-19)14(22)17-10-2-4-12(16-8-10)20-7-6-15-9-20/h2,4,6-9H,3,5H2,1H3,(H,17,22). The third-order valence-corrected chi connectivity index (χ3v) is 3.24. The molecule has 0 aromatic carbocycles. The van der Waals surface area contributed by atoms with Crippen molar-refractivity contribution in [3.05, 3.63) is 37.1 Å². The molecule has 1 aliphatic rings. The molecule has 0 radical (unpaired) electrons. The number of anilines is 1. The summed E-state index contributed by atoms with van der Waals surface area (Å²) in [4.78, 5) is 31.6. The lowest BCUT2D eigenvalue weighted by atomic mass is 10.1. The van der Waals surface area contributed by atoms with Gasteiger partial charge < -0.3 is 5.32 Å². The second-order valence-electron chi connectivity index (χ2n) is 4.79. The monoisotopic (exact) mass is 298 g/mol. The minimum atomic E-state index is -0.323. The Kier molecular flexibility index (Phi) is 3.65. The minimum Gasteiger partial charge on any atom is -0.319 e. The number of hydrogen-bond donors (Lipinski definition) is 1. The van der Waals surface area contributed by atoms with E-state index >= 15 is 0 Å². The lowest BCUT2D eigenvalue weighted by Gasteiger charge is -2.18. The van der Waals surface area contributed by atoms with E-state index in [0.29, 0.717) is 30.1 Å². The van der Waals surface area contributed by atoms with Gasteiger partial charge in [0.25, 0.3) is 5.91 Å². The fourth-order valence-electron chi connectivity index (χ4n) is 2.04. The first kappa shape index (κ1) is 13.9. The number of hydrazone groups is 1. The molecule has 0 spiro atoms. The summed E-state index contributed by atoms with van der Waals surface area (Å²) in [5.74, 6) is 0.287. The van der Waals surface area contributed by atoms with E-state index in [1.165, 1.54) is 12.1 Å². The van der Waals surface area contributed by atoms with E-state index in [1.807, 2.05) is 0 Å². The fraction of sp³-hybridized carbons (Fsp3) is 0.214. The largest absolute Gasteiger partial charge is 0.319 e. The zero-order valence-corrected chi connectivity index (χ0v) is 11.9. The van der Waals surface area contributed by atoms with Crippen LogP contribution in [-0.2, 0) is 9.59 Å². The van der Waals surface area contributed by atoms with E-state index < -0.39 is 0 Å². The van der Waals surface area contributed by atoms with Crippen molar-refractivity contribution >= 4 is 23.2 Å². The van der Waals surface area contributed by atoms with Crippen LogP contribution in [0.25, 0.3) is 5.82 Å². The van der Waals surface area contributed by atoms with Crippen molar-refractivity contribution in [3.63, 3.8) is 0 Å². The highest BCUT2D eigenvalue weighted by Crippen LogP contribution is 2.12. The van der Waals surface area contributed by atoms with Crippen LogP contribution in [0.3, 0.4) is 0 Å². The Balaban J connectivity index is 1.69. The molecule has 0 saturated heterocycles. The van der Waals surface area contributed by atoms with E-state index in [9.17, 15) is 9.59 Å². The molecule has 0 aliphatic carbocycles. The van der Waals surface area contributed by atoms with Crippen LogP contribution in [-0.4, -0.2) is 44.1 Å². The zero-order chi connectivity index (χ0) is 15.5. The smallest absolute Gasteiger partial charge is 0.271 e. The predicted molar refractivity (Wildman–Crippen MR) is 79.4 cm³/mol. The third-order valence-electron chi connectivity index (χ3n) is 3.24. The molecule has 112 valence electrons. The van der Waals surface area contributed by atoms with Gasteiger partial charge in [0.1, 0.15) is 17.9 Å². The van der Waals surface area contributed by atoms with Gasteiger partial charge in [-0.1, -0.05) is 0 Å². The van der Waals surface area contributed by atoms with Crippen LogP contribution >= 0.6 is 0 Å². The number of carbonyl (C=O) groups excluding carboxylic acids is 2. The number of carbonyl (C=O) groups is 2. The Bertz CT molecular complexity index is 720. The first-order chi connectivity index (χ1) is 10.6. The molecule has 8 heteroatoms. The molecule has 22 heavy (non-hydrogen) atoms. The molecule has 0 bridgehead atoms. The van der Waals surface area contributed by atoms with Crippen LogP contribution in [0.4, 0.5) is 5.69 Å². The van der Waals surface area contributed by atoms with Crippen molar-refractivity contribution in [2.24, 2.45) is 5.10 Å². The number of imidazole rings is 1. The quantitative estimate of drug-likeness (QED) is 0.907. The highest BCUT2D eigenvalue weighted by atomic mass is 16.2. The Hall–Kier alpha value is -3.03. The maximum absolute atomic E-state index is 12.1. The van der Waals surface area contributed by atoms with E-state index in [2.05, 4.69) is 20.4 Å². The molecular formula is C14H14N6O2. The lowest BCUT2D eigenvalue weighted by molar-refractivity contribution is -0.130. The van der Waals surface area contributed by atoms with Gasteiger partial charge in [-0.15, -0.1) is 0 Å². The average molecular weight is 298 g/mol. The van der Waals surface area contributed by atoms with Gasteiger partial charge in [0.05, 0.1) is 11.9 Å². The molecule has 1 aliphatic heterocycles. The summed E-state index contributed by atoms with van der Waals surface area (Å²) < 4.78 is 1.76. The van der Waals surface area contributed by atoms with Crippen molar-refractivity contribution in [2.45, 2.75) is 12.8 Å². The van der Waals surface area contributed by atoms with Gasteiger partial charge in [0.15, 0.2) is 0 Å². The molecule has 0 unspecified atom stereocenters. The van der Waals surface area contributed by atoms with Crippen LogP contribution in [0.2, 0.25) is 0 Å². The summed E-state index contributed by atoms with van der Waals surface area (Å²) in [5.41, 5.74) is 0.900. The van der Waals surface area contributed by atoms with Crippen molar-refractivity contribution in [2.75, 3.05) is 12.4 Å². The second kappa shape index (κ2) is 5.76. The van der Waals surface area contributed by atoms with Crippen molar-refractivity contribution in [1.82, 2.24) is 19.5 Å². The maximum Gasteiger partial charge on any atom is 0.271 e. The van der Waals surface area contributed by atoms with Crippen LogP contribution in [0, 0.1) is 0 Å². The zero-order valence-electron chi connectivity index (χ0n) is 11.9. The normalized spacial score (nSPS) is 14.7. The summed E-state index contributed by atoms with van der Waals surface area (Å²) in [5, 5.41) is 7.89. The molecule has 0 atom stereocenters. The van der Waals surface area contributed by atoms with E-state index in [4.69, 9.17) is 0 Å². The van der Waals surface area contributed by atoms with E-state index in [-0.39, 0.29) is 11.8 Å². The van der Waals surface area contributed by atoms with Crippen molar-refractivity contribution in [1.29, 1.82) is 0 Å². The molecule has 2 aromatic rings. The molecule has 0 saturated carbocycles. The highest BCUT2D eigenvalue weighted by Gasteiger charge is 2.21. The predicted octanol–water partition coefficient (Wildman–Crippen LogP) is 0.814. The topological polar surface area (TPSA) is 92.5 Å². The number of nitrogens with zero attached hydrogens (tertiary/aromatic N) is 5. The summed E-state index contributed by atoms with van der Waals surface area (Å²) in [6.07, 6.45) is 7.28. The van der Waals surface area contributed by atoms with Crippen LogP contribution in [0.5, 0.6) is 0 Å². The van der Waals surface area contributed by atoms with E-state index in [0.717, 1.165) is 0 Å². The third kappa shape index (κ3) is 2.85. The molecule has 2 amide bonds. The van der Waals surface area contributed by atoms with Gasteiger partial charge in [0, 0.05) is 32.3 Å². The number of aromatic nitrogens is 3. The van der Waals surface area contributed by atoms with Gasteiger partial charge in [-0.05, 0) is 12.1 Å². The summed E-state index contributed by atoms with van der Waals surface area (Å²) in [6, 6.07) is 3.52. The number of nitrogens with one attached hydrogen (secondary N) is 1. The summed E-state index contributed by atoms with van der Waals surface area (Å²) in [7, 11) is 1.54. The molecule has 8 nitrogen and oxygen atoms in total. The molecule has 3 heterocycles. The highest BCUT2D eigenvalue weighted by molar-refractivity contribution is 6.43. The first-order valence-electron chi connectivity index (χ1n) is 6.73. The molecular weight excluding hydrogens is 284 g/mol. The summed E-state index contributed by atoms with van der Waals surface area (Å²) in [6.45, 7) is 0. The Morgan fingerprint density at radius 3 is 2.82 bits per heavy atom. The Morgan fingerprint density at radius 1 is 1.32 bits per heavy atom. The molecule has 0 fully saturated rings. The molecule has 3 rings (SSSR count). The van der Waals surface area contributed by atoms with Crippen molar-refractivity contribution < 1.29 is 9.59 Å². The minimum absolute atomic E-state index is 0.0945. The molecule has 1 N–H and O–H groups in total. The maximum atomic E-state index is 12.1. The number of pyridine rings is 1. The number of rotatable bonds is 3. The summed E-state index contributed by atoms with van der Waals surface area (Å²) >= 11 is 0. The Morgan fingerprint density at radius 2 is 2.18 bits per heavy atom. The van der Waals surface area contributed by atoms with E-state index in [1.54, 1.807) is 41.6 Å². The van der Waals surface area contributed by atoms with Gasteiger partial charge in [-0.3, -0.25) is 14.2 Å². The van der Waals surface area contributed by atoms with Crippen LogP contribution < -0.4 is 5.32 Å². The SMILES string of the molecule is CN1N=C(C(=O)Nc2ccc(-n3ccnc3)nc2)CCC1=O. The number of hydrogen-bond acceptors (Lipinski definition) is 5. The van der Waals surface area contributed by atoms with Gasteiger partial charge in [-0.2, -0.15) is 5.10 Å². The van der Waals surface area contributed by atoms with Crippen LogP contribution in [0.15, 0.2) is 42.2 Å². The lowest BCUT2D eigenvalue weighted by Crippen LogP contribution is -2.34. The number of amides is 2. The van der Waals surface area contributed by atoms with Gasteiger partial charge >= 0.3 is 0 Å². The van der Waals surface area contributed by atoms with Gasteiger partial charge in [0.2, 0.25) is 5.91 Å². The van der Waals surface area contributed by atoms with Gasteiger partial charge in [-0.25, -0.2) is 15.0 Å². The second-order valence-corrected chi connectivity index (χ2v) is 4.79. The Labute approximate surface area is 126 Å².